The van der Waals surface area contributed by atoms with Gasteiger partial charge >= 0.3 is 0 Å². The summed E-state index contributed by atoms with van der Waals surface area (Å²) in [4.78, 5) is 0. The summed E-state index contributed by atoms with van der Waals surface area (Å²) >= 11 is 0. The first-order chi connectivity index (χ1) is 15.5. The van der Waals surface area contributed by atoms with Gasteiger partial charge in [0.1, 0.15) is 0 Å². The van der Waals surface area contributed by atoms with E-state index in [9.17, 15) is 20.4 Å². The van der Waals surface area contributed by atoms with Crippen LogP contribution in [0.25, 0.3) is 0 Å². The van der Waals surface area contributed by atoms with Crippen molar-refractivity contribution in [1.82, 2.24) is 0 Å². The smallest absolute Gasteiger partial charge is 0.0654 e. The molecule has 34 heavy (non-hydrogen) atoms. The van der Waals surface area contributed by atoms with E-state index < -0.39 is 23.9 Å². The predicted octanol–water partition coefficient (Wildman–Crippen LogP) is 5.47. The number of rotatable bonds is 4. The van der Waals surface area contributed by atoms with Crippen LogP contribution in [0.1, 0.15) is 107 Å². The Bertz CT molecular complexity index is 813. The molecule has 4 N–H and O–H groups in total. The minimum absolute atomic E-state index is 0.0264. The summed E-state index contributed by atoms with van der Waals surface area (Å²) in [6.45, 7) is 17.5. The van der Waals surface area contributed by atoms with Crippen molar-refractivity contribution in [2.75, 3.05) is 0 Å². The average molecular weight is 477 g/mol. The van der Waals surface area contributed by atoms with Crippen molar-refractivity contribution in [1.29, 1.82) is 0 Å². The molecule has 4 heteroatoms. The molecule has 0 spiro atoms. The topological polar surface area (TPSA) is 80.9 Å². The van der Waals surface area contributed by atoms with E-state index in [0.29, 0.717) is 5.92 Å². The third kappa shape index (κ3) is 3.60. The molecule has 4 aliphatic rings. The Morgan fingerprint density at radius 3 is 2.21 bits per heavy atom. The second kappa shape index (κ2) is 8.30. The van der Waals surface area contributed by atoms with E-state index in [-0.39, 0.29) is 39.4 Å². The highest BCUT2D eigenvalue weighted by molar-refractivity contribution is 5.21. The van der Waals surface area contributed by atoms with Gasteiger partial charge in [0.25, 0.3) is 0 Å². The minimum Gasteiger partial charge on any atom is -0.393 e. The van der Waals surface area contributed by atoms with Crippen LogP contribution in [0.15, 0.2) is 11.6 Å². The van der Waals surface area contributed by atoms with Crippen molar-refractivity contribution < 1.29 is 20.4 Å². The molecule has 0 bridgehead atoms. The van der Waals surface area contributed by atoms with E-state index in [1.54, 1.807) is 0 Å². The SMILES string of the molecule is CC(C)=CCC[C@](C)(O)[C@H]1CC[C@]2(C)[C@@H]1[C@H](O)C[C@@H]1[C@@]3(C)CCC(O)C(C)(C)[C@@H]3[C@@H](O)C[C@]12C. The number of aliphatic hydroxyl groups is 4. The van der Waals surface area contributed by atoms with Crippen LogP contribution in [0, 0.1) is 45.3 Å². The van der Waals surface area contributed by atoms with E-state index in [1.165, 1.54) is 5.57 Å². The Morgan fingerprint density at radius 2 is 1.59 bits per heavy atom. The molecule has 0 aromatic carbocycles. The highest BCUT2D eigenvalue weighted by Crippen LogP contribution is 2.75. The Hall–Kier alpha value is -0.420. The monoisotopic (exact) mass is 476 g/mol. The summed E-state index contributed by atoms with van der Waals surface area (Å²) in [5, 5.41) is 46.0. The normalized spacial score (nSPS) is 51.6. The predicted molar refractivity (Wildman–Crippen MR) is 137 cm³/mol. The van der Waals surface area contributed by atoms with E-state index in [2.05, 4.69) is 54.5 Å². The lowest BCUT2D eigenvalue weighted by molar-refractivity contribution is -0.274. The lowest BCUT2D eigenvalue weighted by Crippen LogP contribution is -2.69. The lowest BCUT2D eigenvalue weighted by Gasteiger charge is -2.71. The Morgan fingerprint density at radius 1 is 0.941 bits per heavy atom. The summed E-state index contributed by atoms with van der Waals surface area (Å²) in [6, 6.07) is 0. The van der Waals surface area contributed by atoms with E-state index in [0.717, 1.165) is 51.4 Å². The quantitative estimate of drug-likeness (QED) is 0.406. The molecule has 0 heterocycles. The van der Waals surface area contributed by atoms with Gasteiger partial charge in [0, 0.05) is 0 Å². The highest BCUT2D eigenvalue weighted by Gasteiger charge is 2.72. The fraction of sp³-hybridized carbons (Fsp3) is 0.933. The standard InChI is InChI=1S/C30H52O4/c1-18(2)10-9-13-30(8,34)19-11-15-28(6)24(19)20(31)16-22-27(5)14-12-23(33)26(3,4)25(27)21(32)17-29(22,28)7/h10,19-25,31-34H,9,11-17H2,1-8H3/t19-,20+,21-,22+,23?,24-,25-,27+,28+,29+,30-/m0/s1. The number of hydrogen-bond donors (Lipinski definition) is 4. The molecule has 0 amide bonds. The molecule has 4 fully saturated rings. The van der Waals surface area contributed by atoms with Crippen LogP contribution >= 0.6 is 0 Å². The zero-order valence-corrected chi connectivity index (χ0v) is 23.1. The summed E-state index contributed by atoms with van der Waals surface area (Å²) in [5.74, 6) is 0.442. The van der Waals surface area contributed by atoms with Crippen molar-refractivity contribution in [3.05, 3.63) is 11.6 Å². The molecular weight excluding hydrogens is 424 g/mol. The lowest BCUT2D eigenvalue weighted by atomic mass is 9.34. The first-order valence-electron chi connectivity index (χ1n) is 13.9. The van der Waals surface area contributed by atoms with Crippen LogP contribution in [0.4, 0.5) is 0 Å². The maximum Gasteiger partial charge on any atom is 0.0654 e. The number of hydrogen-bond acceptors (Lipinski definition) is 4. The molecular formula is C30H52O4. The average Bonchev–Trinajstić information content (AvgIpc) is 3.07. The molecule has 1 unspecified atom stereocenters. The van der Waals surface area contributed by atoms with Gasteiger partial charge in [-0.2, -0.15) is 0 Å². The molecule has 4 saturated carbocycles. The molecule has 4 rings (SSSR count). The van der Waals surface area contributed by atoms with Crippen LogP contribution in [0.2, 0.25) is 0 Å². The maximum atomic E-state index is 11.8. The highest BCUT2D eigenvalue weighted by atomic mass is 16.3. The molecule has 0 aliphatic heterocycles. The Kier molecular flexibility index (Phi) is 6.50. The fourth-order valence-electron chi connectivity index (χ4n) is 10.5. The summed E-state index contributed by atoms with van der Waals surface area (Å²) in [5.41, 5.74) is -0.230. The molecule has 0 aromatic heterocycles. The van der Waals surface area contributed by atoms with Gasteiger partial charge in [-0.1, -0.05) is 46.3 Å². The summed E-state index contributed by atoms with van der Waals surface area (Å²) in [6.07, 6.45) is 7.54. The van der Waals surface area contributed by atoms with Gasteiger partial charge in [-0.15, -0.1) is 0 Å². The number of fused-ring (bicyclic) bond motifs is 5. The molecule has 11 atom stereocenters. The molecule has 0 saturated heterocycles. The van der Waals surface area contributed by atoms with Gasteiger partial charge < -0.3 is 20.4 Å². The van der Waals surface area contributed by atoms with E-state index in [1.807, 2.05) is 6.92 Å². The summed E-state index contributed by atoms with van der Waals surface area (Å²) < 4.78 is 0. The third-order valence-electron chi connectivity index (χ3n) is 12.3. The summed E-state index contributed by atoms with van der Waals surface area (Å²) in [7, 11) is 0. The van der Waals surface area contributed by atoms with Gasteiger partial charge in [0.15, 0.2) is 0 Å². The maximum absolute atomic E-state index is 11.8. The molecule has 196 valence electrons. The van der Waals surface area contributed by atoms with Crippen molar-refractivity contribution in [2.24, 2.45) is 45.3 Å². The molecule has 4 aliphatic carbocycles. The second-order valence-electron chi connectivity index (χ2n) is 14.7. The number of aliphatic hydroxyl groups excluding tert-OH is 3. The van der Waals surface area contributed by atoms with Crippen molar-refractivity contribution in [2.45, 2.75) is 131 Å². The van der Waals surface area contributed by atoms with Crippen LogP contribution < -0.4 is 0 Å². The second-order valence-corrected chi connectivity index (χ2v) is 14.7. The minimum atomic E-state index is -0.810. The molecule has 0 radical (unpaired) electrons. The molecule has 0 aromatic rings. The van der Waals surface area contributed by atoms with Gasteiger partial charge in [0.05, 0.1) is 23.9 Å². The first kappa shape index (κ1) is 26.6. The molecule has 4 nitrogen and oxygen atoms in total. The van der Waals surface area contributed by atoms with E-state index in [4.69, 9.17) is 0 Å². The Balaban J connectivity index is 1.70. The largest absolute Gasteiger partial charge is 0.393 e. The fourth-order valence-corrected chi connectivity index (χ4v) is 10.5. The van der Waals surface area contributed by atoms with Crippen LogP contribution in [-0.4, -0.2) is 44.3 Å². The van der Waals surface area contributed by atoms with Crippen molar-refractivity contribution in [3.8, 4) is 0 Å². The van der Waals surface area contributed by atoms with Crippen molar-refractivity contribution in [3.63, 3.8) is 0 Å². The number of allylic oxidation sites excluding steroid dienone is 2. The van der Waals surface area contributed by atoms with Gasteiger partial charge in [-0.3, -0.25) is 0 Å². The van der Waals surface area contributed by atoms with Crippen LogP contribution in [0.5, 0.6) is 0 Å². The third-order valence-corrected chi connectivity index (χ3v) is 12.3. The zero-order chi connectivity index (χ0) is 25.5. The van der Waals surface area contributed by atoms with Gasteiger partial charge in [-0.05, 0) is 117 Å². The van der Waals surface area contributed by atoms with Crippen molar-refractivity contribution >= 4 is 0 Å². The van der Waals surface area contributed by atoms with Gasteiger partial charge in [0.2, 0.25) is 0 Å². The van der Waals surface area contributed by atoms with Crippen LogP contribution in [-0.2, 0) is 0 Å². The Labute approximate surface area is 208 Å². The van der Waals surface area contributed by atoms with E-state index >= 15 is 0 Å². The first-order valence-corrected chi connectivity index (χ1v) is 13.9. The zero-order valence-electron chi connectivity index (χ0n) is 23.1. The van der Waals surface area contributed by atoms with Gasteiger partial charge in [-0.25, -0.2) is 0 Å². The van der Waals surface area contributed by atoms with Crippen LogP contribution in [0.3, 0.4) is 0 Å².